The number of nitrogens with zero attached hydrogens (tertiary/aromatic N) is 1. The number of aryl methyl sites for hydroxylation is 1. The number of hydrogen-bond acceptors (Lipinski definition) is 1. The summed E-state index contributed by atoms with van der Waals surface area (Å²) in [6, 6.07) is 13.7. The van der Waals surface area contributed by atoms with E-state index in [1.54, 1.807) is 0 Å². The molecule has 3 heteroatoms. The van der Waals surface area contributed by atoms with E-state index in [4.69, 9.17) is 0 Å². The van der Waals surface area contributed by atoms with Gasteiger partial charge in [-0.25, -0.2) is 4.79 Å². The fourth-order valence-corrected chi connectivity index (χ4v) is 2.49. The van der Waals surface area contributed by atoms with Crippen LogP contribution in [0.3, 0.4) is 0 Å². The fraction of sp³-hybridized carbons (Fsp3) is 0.133. The summed E-state index contributed by atoms with van der Waals surface area (Å²) in [4.78, 5) is 11.4. The van der Waals surface area contributed by atoms with Crippen LogP contribution in [-0.2, 0) is 11.3 Å². The molecule has 0 unspecified atom stereocenters. The van der Waals surface area contributed by atoms with Gasteiger partial charge in [-0.15, -0.1) is 0 Å². The minimum atomic E-state index is -0.818. The standard InChI is InChI=1S/C15H13NO2/c17-15(18)12-8-10-16-9-4-7-13(16)14(12)11-5-2-1-3-6-11/h1-7,9H,8,10H2,(H,17,18). The van der Waals surface area contributed by atoms with E-state index in [9.17, 15) is 9.90 Å². The van der Waals surface area contributed by atoms with Crippen LogP contribution < -0.4 is 0 Å². The van der Waals surface area contributed by atoms with Gasteiger partial charge in [0, 0.05) is 29.6 Å². The van der Waals surface area contributed by atoms with Crippen LogP contribution in [0.1, 0.15) is 17.7 Å². The van der Waals surface area contributed by atoms with Crippen LogP contribution in [0.2, 0.25) is 0 Å². The first-order valence-electron chi connectivity index (χ1n) is 5.95. The molecule has 0 radical (unpaired) electrons. The molecule has 0 saturated carbocycles. The molecule has 0 amide bonds. The summed E-state index contributed by atoms with van der Waals surface area (Å²) in [7, 11) is 0. The Morgan fingerprint density at radius 3 is 2.61 bits per heavy atom. The second-order valence-electron chi connectivity index (χ2n) is 4.36. The second-order valence-corrected chi connectivity index (χ2v) is 4.36. The van der Waals surface area contributed by atoms with Gasteiger partial charge in [0.1, 0.15) is 0 Å². The molecule has 3 nitrogen and oxygen atoms in total. The number of carbonyl (C=O) groups is 1. The highest BCUT2D eigenvalue weighted by Gasteiger charge is 2.23. The molecule has 2 aromatic rings. The number of carboxylic acid groups (broad SMARTS) is 1. The molecule has 1 aromatic heterocycles. The van der Waals surface area contributed by atoms with Crippen molar-refractivity contribution in [2.75, 3.05) is 0 Å². The zero-order chi connectivity index (χ0) is 12.5. The lowest BCUT2D eigenvalue weighted by molar-refractivity contribution is -0.132. The molecule has 0 fully saturated rings. The topological polar surface area (TPSA) is 42.2 Å². The van der Waals surface area contributed by atoms with E-state index in [1.165, 1.54) is 0 Å². The van der Waals surface area contributed by atoms with E-state index in [0.29, 0.717) is 12.0 Å². The number of aliphatic carboxylic acids is 1. The van der Waals surface area contributed by atoms with Gasteiger partial charge in [-0.05, 0) is 24.1 Å². The van der Waals surface area contributed by atoms with Crippen molar-refractivity contribution in [2.24, 2.45) is 0 Å². The Kier molecular flexibility index (Phi) is 2.52. The molecule has 2 heterocycles. The van der Waals surface area contributed by atoms with Crippen molar-refractivity contribution in [3.05, 3.63) is 65.5 Å². The first-order valence-corrected chi connectivity index (χ1v) is 5.95. The maximum atomic E-state index is 11.4. The molecule has 1 aromatic carbocycles. The van der Waals surface area contributed by atoms with E-state index in [0.717, 1.165) is 23.4 Å². The number of benzene rings is 1. The van der Waals surface area contributed by atoms with Gasteiger partial charge in [-0.1, -0.05) is 30.3 Å². The van der Waals surface area contributed by atoms with Gasteiger partial charge in [0.15, 0.2) is 0 Å². The molecule has 90 valence electrons. The second kappa shape index (κ2) is 4.18. The van der Waals surface area contributed by atoms with E-state index in [2.05, 4.69) is 4.57 Å². The van der Waals surface area contributed by atoms with Crippen molar-refractivity contribution < 1.29 is 9.90 Å². The zero-order valence-electron chi connectivity index (χ0n) is 9.84. The van der Waals surface area contributed by atoms with Crippen molar-refractivity contribution in [1.82, 2.24) is 4.57 Å². The third-order valence-corrected chi connectivity index (χ3v) is 3.31. The number of aromatic nitrogens is 1. The third kappa shape index (κ3) is 1.64. The molecule has 0 saturated heterocycles. The van der Waals surface area contributed by atoms with Crippen LogP contribution in [0.15, 0.2) is 54.2 Å². The van der Waals surface area contributed by atoms with Gasteiger partial charge in [0.2, 0.25) is 0 Å². The molecule has 0 bridgehead atoms. The smallest absolute Gasteiger partial charge is 0.332 e. The molecule has 3 rings (SSSR count). The lowest BCUT2D eigenvalue weighted by atomic mass is 9.92. The van der Waals surface area contributed by atoms with Crippen molar-refractivity contribution in [3.63, 3.8) is 0 Å². The maximum absolute atomic E-state index is 11.4. The summed E-state index contributed by atoms with van der Waals surface area (Å²) >= 11 is 0. The van der Waals surface area contributed by atoms with Crippen molar-refractivity contribution in [3.8, 4) is 0 Å². The highest BCUT2D eigenvalue weighted by atomic mass is 16.4. The number of carboxylic acids is 1. The highest BCUT2D eigenvalue weighted by Crippen LogP contribution is 2.32. The summed E-state index contributed by atoms with van der Waals surface area (Å²) in [5.41, 5.74) is 3.31. The van der Waals surface area contributed by atoms with Gasteiger partial charge in [0.05, 0.1) is 0 Å². The zero-order valence-corrected chi connectivity index (χ0v) is 9.84. The summed E-state index contributed by atoms with van der Waals surface area (Å²) in [5.74, 6) is -0.818. The van der Waals surface area contributed by atoms with Gasteiger partial charge in [-0.2, -0.15) is 0 Å². The molecule has 0 spiro atoms. The Hall–Kier alpha value is -2.29. The summed E-state index contributed by atoms with van der Waals surface area (Å²) in [6.07, 6.45) is 2.57. The Labute approximate surface area is 105 Å². The number of fused-ring (bicyclic) bond motifs is 1. The quantitative estimate of drug-likeness (QED) is 0.875. The molecule has 18 heavy (non-hydrogen) atoms. The Balaban J connectivity index is 2.25. The van der Waals surface area contributed by atoms with Crippen LogP contribution in [0.4, 0.5) is 0 Å². The van der Waals surface area contributed by atoms with E-state index in [1.807, 2.05) is 48.7 Å². The normalized spacial score (nSPS) is 14.4. The van der Waals surface area contributed by atoms with Crippen molar-refractivity contribution in [1.29, 1.82) is 0 Å². The van der Waals surface area contributed by atoms with Crippen LogP contribution in [-0.4, -0.2) is 15.6 Å². The predicted octanol–water partition coefficient (Wildman–Crippen LogP) is 2.78. The molecule has 1 aliphatic rings. The van der Waals surface area contributed by atoms with E-state index < -0.39 is 5.97 Å². The average Bonchev–Trinajstić information content (AvgIpc) is 2.86. The lowest BCUT2D eigenvalue weighted by Crippen LogP contribution is -2.16. The minimum Gasteiger partial charge on any atom is -0.478 e. The minimum absolute atomic E-state index is 0.507. The molecule has 1 N–H and O–H groups in total. The van der Waals surface area contributed by atoms with Crippen molar-refractivity contribution in [2.45, 2.75) is 13.0 Å². The van der Waals surface area contributed by atoms with Crippen LogP contribution in [0.25, 0.3) is 5.57 Å². The average molecular weight is 239 g/mol. The highest BCUT2D eigenvalue weighted by molar-refractivity contribution is 6.00. The van der Waals surface area contributed by atoms with Gasteiger partial charge in [0.25, 0.3) is 0 Å². The predicted molar refractivity (Wildman–Crippen MR) is 69.1 cm³/mol. The molecule has 1 aliphatic heterocycles. The first kappa shape index (κ1) is 10.8. The van der Waals surface area contributed by atoms with E-state index in [-0.39, 0.29) is 0 Å². The Bertz CT molecular complexity index is 623. The summed E-state index contributed by atoms with van der Waals surface area (Å²) < 4.78 is 2.11. The summed E-state index contributed by atoms with van der Waals surface area (Å²) in [5, 5.41) is 9.37. The van der Waals surface area contributed by atoms with E-state index >= 15 is 0 Å². The molecular formula is C15H13NO2. The Morgan fingerprint density at radius 1 is 1.11 bits per heavy atom. The monoisotopic (exact) mass is 239 g/mol. The lowest BCUT2D eigenvalue weighted by Gasteiger charge is -2.21. The van der Waals surface area contributed by atoms with Gasteiger partial charge in [-0.3, -0.25) is 0 Å². The molecule has 0 atom stereocenters. The van der Waals surface area contributed by atoms with Crippen LogP contribution >= 0.6 is 0 Å². The maximum Gasteiger partial charge on any atom is 0.332 e. The first-order chi connectivity index (χ1) is 8.77. The van der Waals surface area contributed by atoms with Gasteiger partial charge >= 0.3 is 5.97 Å². The van der Waals surface area contributed by atoms with Crippen molar-refractivity contribution >= 4 is 11.5 Å². The molecule has 0 aliphatic carbocycles. The fourth-order valence-electron chi connectivity index (χ4n) is 2.49. The van der Waals surface area contributed by atoms with Crippen LogP contribution in [0.5, 0.6) is 0 Å². The molecular weight excluding hydrogens is 226 g/mol. The number of hydrogen-bond donors (Lipinski definition) is 1. The summed E-state index contributed by atoms with van der Waals surface area (Å²) in [6.45, 7) is 0.736. The van der Waals surface area contributed by atoms with Gasteiger partial charge < -0.3 is 9.67 Å². The van der Waals surface area contributed by atoms with Crippen LogP contribution in [0, 0.1) is 0 Å². The largest absolute Gasteiger partial charge is 0.478 e. The third-order valence-electron chi connectivity index (χ3n) is 3.31. The Morgan fingerprint density at radius 2 is 1.89 bits per heavy atom. The number of rotatable bonds is 2. The SMILES string of the molecule is O=C(O)C1=C(c2ccccc2)c2cccn2CC1.